The Hall–Kier alpha value is -2.02. The highest BCUT2D eigenvalue weighted by Crippen LogP contribution is 2.31. The van der Waals surface area contributed by atoms with Crippen molar-refractivity contribution in [1.82, 2.24) is 14.1 Å². The van der Waals surface area contributed by atoms with Crippen LogP contribution < -0.4 is 4.74 Å². The van der Waals surface area contributed by atoms with Crippen molar-refractivity contribution >= 4 is 52.3 Å². The fraction of sp³-hybridized carbons (Fsp3) is 0.577. The van der Waals surface area contributed by atoms with Gasteiger partial charge in [0.05, 0.1) is 29.4 Å². The summed E-state index contributed by atoms with van der Waals surface area (Å²) in [4.78, 5) is 26.4. The van der Waals surface area contributed by atoms with E-state index < -0.39 is 16.1 Å². The molecule has 1 unspecified atom stereocenters. The molecule has 1 saturated heterocycles. The number of rotatable bonds is 11. The summed E-state index contributed by atoms with van der Waals surface area (Å²) >= 11 is 0. The minimum atomic E-state index is -3.78. The lowest BCUT2D eigenvalue weighted by Gasteiger charge is -2.33. The first-order valence-electron chi connectivity index (χ1n) is 13.1. The predicted octanol–water partition coefficient (Wildman–Crippen LogP) is 2.73. The topological polar surface area (TPSA) is 115 Å². The number of ether oxygens (including phenoxy) is 1. The minimum Gasteiger partial charge on any atom is -0.493 e. The molecule has 1 N–H and O–H groups in total. The number of sulfonamides is 1. The summed E-state index contributed by atoms with van der Waals surface area (Å²) in [5.41, 5.74) is 2.10. The average Bonchev–Trinajstić information content (AvgIpc) is 3.26. The normalized spacial score (nSPS) is 19.9. The number of amides is 1. The van der Waals surface area contributed by atoms with E-state index in [1.807, 2.05) is 29.8 Å². The van der Waals surface area contributed by atoms with E-state index in [2.05, 4.69) is 11.9 Å². The molecule has 0 aliphatic carbocycles. The van der Waals surface area contributed by atoms with Crippen LogP contribution in [0.5, 0.6) is 5.75 Å². The smallest absolute Gasteiger partial charge is 0.276 e. The molecule has 3 aliphatic rings. The molecule has 0 spiro atoms. The van der Waals surface area contributed by atoms with E-state index in [0.717, 1.165) is 24.8 Å². The van der Waals surface area contributed by atoms with Gasteiger partial charge in [0.1, 0.15) is 5.75 Å². The Kier molecular flexibility index (Phi) is 12.4. The van der Waals surface area contributed by atoms with E-state index in [4.69, 9.17) is 9.73 Å². The fourth-order valence-corrected chi connectivity index (χ4v) is 6.34. The van der Waals surface area contributed by atoms with Gasteiger partial charge in [0.2, 0.25) is 10.0 Å². The van der Waals surface area contributed by atoms with E-state index in [1.165, 1.54) is 10.4 Å². The summed E-state index contributed by atoms with van der Waals surface area (Å²) < 4.78 is 34.5. The molecule has 0 bridgehead atoms. The first-order chi connectivity index (χ1) is 17.8. The van der Waals surface area contributed by atoms with Crippen LogP contribution in [0, 0.1) is 0 Å². The van der Waals surface area contributed by atoms with Gasteiger partial charge >= 0.3 is 0 Å². The van der Waals surface area contributed by atoms with Gasteiger partial charge in [0, 0.05) is 45.5 Å². The van der Waals surface area contributed by atoms with Gasteiger partial charge in [-0.25, -0.2) is 13.4 Å². The predicted molar refractivity (Wildman–Crippen MR) is 157 cm³/mol. The fourth-order valence-electron chi connectivity index (χ4n) is 4.89. The lowest BCUT2D eigenvalue weighted by Crippen LogP contribution is -2.49. The number of aliphatic imine (C=N–C) groups is 2. The zero-order valence-corrected chi connectivity index (χ0v) is 25.2. The zero-order chi connectivity index (χ0) is 26.6. The summed E-state index contributed by atoms with van der Waals surface area (Å²) in [6, 6.07) is 4.18. The van der Waals surface area contributed by atoms with Crippen LogP contribution in [0.15, 0.2) is 44.9 Å². The van der Waals surface area contributed by atoms with Crippen molar-refractivity contribution in [2.45, 2.75) is 51.0 Å². The van der Waals surface area contributed by atoms with Gasteiger partial charge in [-0.3, -0.25) is 9.69 Å². The van der Waals surface area contributed by atoms with E-state index in [1.54, 1.807) is 12.1 Å². The molecular formula is C26H39Cl2N5O5S. The molecular weight excluding hydrogens is 565 g/mol. The Morgan fingerprint density at radius 3 is 2.38 bits per heavy atom. The third-order valence-corrected chi connectivity index (χ3v) is 8.74. The minimum absolute atomic E-state index is 0. The van der Waals surface area contributed by atoms with Crippen LogP contribution in [0.1, 0.15) is 45.6 Å². The van der Waals surface area contributed by atoms with Gasteiger partial charge < -0.3 is 14.7 Å². The third-order valence-electron chi connectivity index (χ3n) is 6.84. The van der Waals surface area contributed by atoms with Crippen LogP contribution >= 0.6 is 24.8 Å². The van der Waals surface area contributed by atoms with Crippen molar-refractivity contribution in [2.24, 2.45) is 9.98 Å². The zero-order valence-electron chi connectivity index (χ0n) is 22.7. The lowest BCUT2D eigenvalue weighted by atomic mass is 10.0. The summed E-state index contributed by atoms with van der Waals surface area (Å²) in [5.74, 6) is 0.334. The van der Waals surface area contributed by atoms with Gasteiger partial charge in [-0.1, -0.05) is 20.3 Å². The summed E-state index contributed by atoms with van der Waals surface area (Å²) in [7, 11) is -3.78. The van der Waals surface area contributed by atoms with Crippen LogP contribution in [0.2, 0.25) is 0 Å². The van der Waals surface area contributed by atoms with Crippen molar-refractivity contribution < 1.29 is 23.1 Å². The summed E-state index contributed by atoms with van der Waals surface area (Å²) in [6.07, 6.45) is 4.48. The Morgan fingerprint density at radius 1 is 1.05 bits per heavy atom. The monoisotopic (exact) mass is 603 g/mol. The molecule has 1 amide bonds. The molecule has 0 saturated carbocycles. The lowest BCUT2D eigenvalue weighted by molar-refractivity contribution is -0.119. The number of nitrogens with zero attached hydrogens (tertiary/aromatic N) is 5. The molecule has 218 valence electrons. The third kappa shape index (κ3) is 7.01. The molecule has 1 aromatic rings. The maximum atomic E-state index is 13.5. The van der Waals surface area contributed by atoms with Gasteiger partial charge in [-0.05, 0) is 43.5 Å². The standard InChI is InChI=1S/C26H37N5O5S.2ClH/c1-4-7-19-18-30(6-3)24-23(19)27-25(28-26(24)33)21-17-20(8-9-22(21)36-16-5-2)37(34,35)31-12-10-29(11-13-31)14-15-32;;/h8-9,17-18,24,32H,4-7,10-16H2,1-3H3;2*1H. The second-order valence-corrected chi connectivity index (χ2v) is 11.3. The number of likely N-dealkylation sites (N-methyl/N-ethyl adjacent to an activating group) is 1. The summed E-state index contributed by atoms with van der Waals surface area (Å²) in [6.45, 7) is 9.53. The number of piperazine rings is 1. The molecule has 4 rings (SSSR count). The molecule has 13 heteroatoms. The molecule has 1 atom stereocenters. The first-order valence-corrected chi connectivity index (χ1v) is 14.6. The Morgan fingerprint density at radius 2 is 1.77 bits per heavy atom. The first kappa shape index (κ1) is 33.2. The number of aliphatic hydroxyl groups excluding tert-OH is 1. The Balaban J connectivity index is 0.00000267. The van der Waals surface area contributed by atoms with Crippen LogP contribution in [-0.4, -0.2) is 104 Å². The Labute approximate surface area is 243 Å². The number of carbonyl (C=O) groups is 1. The molecule has 39 heavy (non-hydrogen) atoms. The van der Waals surface area contributed by atoms with Crippen molar-refractivity contribution in [3.8, 4) is 5.75 Å². The second kappa shape index (κ2) is 14.6. The molecule has 10 nitrogen and oxygen atoms in total. The number of hydrogen-bond donors (Lipinski definition) is 1. The molecule has 1 fully saturated rings. The maximum absolute atomic E-state index is 13.5. The number of benzene rings is 1. The van der Waals surface area contributed by atoms with Crippen molar-refractivity contribution in [2.75, 3.05) is 52.5 Å². The second-order valence-electron chi connectivity index (χ2n) is 9.38. The van der Waals surface area contributed by atoms with Gasteiger partial charge in [0.15, 0.2) is 11.9 Å². The molecule has 1 aromatic carbocycles. The largest absolute Gasteiger partial charge is 0.493 e. The van der Waals surface area contributed by atoms with E-state index in [9.17, 15) is 18.3 Å². The SMILES string of the molecule is CCCOc1ccc(S(=O)(=O)N2CCN(CCO)CC2)cc1C1=NC(=O)C2C(=N1)C(CCC)=CN2CC.Cl.Cl. The molecule has 3 heterocycles. The van der Waals surface area contributed by atoms with Gasteiger partial charge in [-0.15, -0.1) is 24.8 Å². The van der Waals surface area contributed by atoms with Gasteiger partial charge in [0.25, 0.3) is 5.91 Å². The number of amidine groups is 1. The average molecular weight is 605 g/mol. The van der Waals surface area contributed by atoms with Gasteiger partial charge in [-0.2, -0.15) is 9.30 Å². The van der Waals surface area contributed by atoms with Crippen LogP contribution in [-0.2, 0) is 14.8 Å². The van der Waals surface area contributed by atoms with E-state index in [-0.39, 0.29) is 48.1 Å². The number of carbonyl (C=O) groups excluding carboxylic acids is 1. The van der Waals surface area contributed by atoms with E-state index >= 15 is 0 Å². The molecule has 0 radical (unpaired) electrons. The highest BCUT2D eigenvalue weighted by molar-refractivity contribution is 7.89. The number of aliphatic hydroxyl groups is 1. The molecule has 0 aromatic heterocycles. The van der Waals surface area contributed by atoms with Crippen LogP contribution in [0.25, 0.3) is 0 Å². The number of fused-ring (bicyclic) bond motifs is 1. The molecule has 3 aliphatic heterocycles. The van der Waals surface area contributed by atoms with Crippen molar-refractivity contribution in [3.63, 3.8) is 0 Å². The highest BCUT2D eigenvalue weighted by atomic mass is 35.5. The number of halogens is 2. The number of hydrogen-bond acceptors (Lipinski definition) is 8. The quantitative estimate of drug-likeness (QED) is 0.413. The van der Waals surface area contributed by atoms with Crippen LogP contribution in [0.4, 0.5) is 0 Å². The number of β-amino-alcohol motifs (C(OH)–C–C–N with tert-alkyl or cyclic N) is 1. The van der Waals surface area contributed by atoms with Crippen molar-refractivity contribution in [3.05, 3.63) is 35.5 Å². The maximum Gasteiger partial charge on any atom is 0.276 e. The highest BCUT2D eigenvalue weighted by Gasteiger charge is 2.39. The summed E-state index contributed by atoms with van der Waals surface area (Å²) in [5, 5.41) is 9.18. The Bertz CT molecular complexity index is 1210. The van der Waals surface area contributed by atoms with E-state index in [0.29, 0.717) is 62.9 Å². The van der Waals surface area contributed by atoms with Crippen molar-refractivity contribution in [1.29, 1.82) is 0 Å². The van der Waals surface area contributed by atoms with Crippen LogP contribution in [0.3, 0.4) is 0 Å².